The molecule has 1 atom stereocenters. The molecule has 134 valence electrons. The first-order valence-electron chi connectivity index (χ1n) is 7.62. The smallest absolute Gasteiger partial charge is 0.347 e. The van der Waals surface area contributed by atoms with Gasteiger partial charge in [-0.2, -0.15) is 4.31 Å². The van der Waals surface area contributed by atoms with E-state index in [0.29, 0.717) is 18.7 Å². The Morgan fingerprint density at radius 3 is 2.46 bits per heavy atom. The Kier molecular flexibility index (Phi) is 6.01. The molecule has 0 saturated heterocycles. The highest BCUT2D eigenvalue weighted by Crippen LogP contribution is 2.44. The molecule has 9 heteroatoms. The molecule has 0 bridgehead atoms. The highest BCUT2D eigenvalue weighted by Gasteiger charge is 2.36. The summed E-state index contributed by atoms with van der Waals surface area (Å²) >= 11 is 12.4. The maximum atomic E-state index is 12.7. The highest BCUT2D eigenvalue weighted by molar-refractivity contribution is 7.89. The van der Waals surface area contributed by atoms with Crippen molar-refractivity contribution in [1.82, 2.24) is 4.31 Å². The summed E-state index contributed by atoms with van der Waals surface area (Å²) in [4.78, 5) is 11.8. The van der Waals surface area contributed by atoms with Gasteiger partial charge in [-0.05, 0) is 13.0 Å². The van der Waals surface area contributed by atoms with Crippen molar-refractivity contribution in [3.05, 3.63) is 21.7 Å². The van der Waals surface area contributed by atoms with Crippen LogP contribution in [0.4, 0.5) is 0 Å². The highest BCUT2D eigenvalue weighted by atomic mass is 35.5. The summed E-state index contributed by atoms with van der Waals surface area (Å²) in [6.45, 7) is 6.02. The van der Waals surface area contributed by atoms with Gasteiger partial charge in [-0.3, -0.25) is 0 Å². The standard InChI is InChI=1S/C15H19Cl2NO5S/c1-4-18(5-2)24(20,21)11-8-9-7-10(15(19)22-6-3)23-14(9)13(17)12(11)16/h8,10H,4-7H2,1-3H3. The lowest BCUT2D eigenvalue weighted by molar-refractivity contribution is -0.150. The van der Waals surface area contributed by atoms with Gasteiger partial charge in [-0.15, -0.1) is 0 Å². The molecule has 6 nitrogen and oxygen atoms in total. The molecule has 1 heterocycles. The summed E-state index contributed by atoms with van der Waals surface area (Å²) in [6, 6.07) is 1.43. The van der Waals surface area contributed by atoms with Gasteiger partial charge in [0.2, 0.25) is 10.0 Å². The van der Waals surface area contributed by atoms with Crippen molar-refractivity contribution in [2.24, 2.45) is 0 Å². The van der Waals surface area contributed by atoms with Gasteiger partial charge in [0.25, 0.3) is 0 Å². The molecule has 1 aromatic carbocycles. The van der Waals surface area contributed by atoms with E-state index in [0.717, 1.165) is 0 Å². The van der Waals surface area contributed by atoms with E-state index < -0.39 is 22.1 Å². The van der Waals surface area contributed by atoms with Gasteiger partial charge < -0.3 is 9.47 Å². The average molecular weight is 396 g/mol. The number of benzene rings is 1. The second-order valence-corrected chi connectivity index (χ2v) is 7.81. The van der Waals surface area contributed by atoms with E-state index in [4.69, 9.17) is 32.7 Å². The molecule has 0 amide bonds. The van der Waals surface area contributed by atoms with E-state index in [1.807, 2.05) is 0 Å². The van der Waals surface area contributed by atoms with Gasteiger partial charge in [0.05, 0.1) is 11.6 Å². The third kappa shape index (κ3) is 3.35. The van der Waals surface area contributed by atoms with Crippen LogP contribution in [0.3, 0.4) is 0 Å². The first kappa shape index (κ1) is 19.3. The van der Waals surface area contributed by atoms with Crippen molar-refractivity contribution in [3.8, 4) is 5.75 Å². The van der Waals surface area contributed by atoms with Crippen molar-refractivity contribution >= 4 is 39.2 Å². The number of fused-ring (bicyclic) bond motifs is 1. The van der Waals surface area contributed by atoms with Crippen LogP contribution in [0.5, 0.6) is 5.75 Å². The third-order valence-corrected chi connectivity index (χ3v) is 6.78. The normalized spacial score (nSPS) is 16.8. The van der Waals surface area contributed by atoms with Gasteiger partial charge in [0.15, 0.2) is 6.10 Å². The van der Waals surface area contributed by atoms with E-state index >= 15 is 0 Å². The number of carbonyl (C=O) groups excluding carboxylic acids is 1. The summed E-state index contributed by atoms with van der Waals surface area (Å²) in [5.74, 6) is -0.285. The van der Waals surface area contributed by atoms with Crippen molar-refractivity contribution < 1.29 is 22.7 Å². The maximum absolute atomic E-state index is 12.7. The predicted molar refractivity (Wildman–Crippen MR) is 91.3 cm³/mol. The van der Waals surface area contributed by atoms with Crippen molar-refractivity contribution in [2.45, 2.75) is 38.2 Å². The lowest BCUT2D eigenvalue weighted by atomic mass is 10.1. The molecule has 24 heavy (non-hydrogen) atoms. The topological polar surface area (TPSA) is 72.9 Å². The Labute approximate surface area is 151 Å². The zero-order valence-corrected chi connectivity index (χ0v) is 16.0. The molecular formula is C15H19Cl2NO5S. The molecule has 0 radical (unpaired) electrons. The fourth-order valence-electron chi connectivity index (χ4n) is 2.56. The molecule has 0 spiro atoms. The minimum atomic E-state index is -3.78. The molecule has 0 fully saturated rings. The Hall–Kier alpha value is -1.02. The zero-order valence-electron chi connectivity index (χ0n) is 13.6. The third-order valence-electron chi connectivity index (χ3n) is 3.74. The fourth-order valence-corrected chi connectivity index (χ4v) is 4.89. The Bertz CT molecular complexity index is 747. The zero-order chi connectivity index (χ0) is 18.1. The number of hydrogen-bond donors (Lipinski definition) is 0. The summed E-state index contributed by atoms with van der Waals surface area (Å²) in [6.07, 6.45) is -0.661. The van der Waals surface area contributed by atoms with Crippen LogP contribution >= 0.6 is 23.2 Å². The van der Waals surface area contributed by atoms with Crippen LogP contribution in [0, 0.1) is 0 Å². The quantitative estimate of drug-likeness (QED) is 0.692. The van der Waals surface area contributed by atoms with Crippen LogP contribution in [0.1, 0.15) is 26.3 Å². The van der Waals surface area contributed by atoms with Gasteiger partial charge in [0.1, 0.15) is 15.7 Å². The maximum Gasteiger partial charge on any atom is 0.347 e. The van der Waals surface area contributed by atoms with Crippen LogP contribution < -0.4 is 4.74 Å². The van der Waals surface area contributed by atoms with Gasteiger partial charge >= 0.3 is 5.97 Å². The van der Waals surface area contributed by atoms with E-state index in [9.17, 15) is 13.2 Å². The van der Waals surface area contributed by atoms with Crippen molar-refractivity contribution in [1.29, 1.82) is 0 Å². The minimum Gasteiger partial charge on any atom is -0.476 e. The molecule has 1 aromatic rings. The molecule has 1 aliphatic rings. The number of nitrogens with zero attached hydrogens (tertiary/aromatic N) is 1. The monoisotopic (exact) mass is 395 g/mol. The Balaban J connectivity index is 2.46. The molecule has 1 unspecified atom stereocenters. The summed E-state index contributed by atoms with van der Waals surface area (Å²) in [7, 11) is -3.78. The molecule has 0 aliphatic carbocycles. The van der Waals surface area contributed by atoms with Gasteiger partial charge in [-0.1, -0.05) is 37.0 Å². The summed E-state index contributed by atoms with van der Waals surface area (Å²) in [5, 5.41) is -0.112. The number of rotatable bonds is 6. The molecule has 0 aromatic heterocycles. The molecule has 1 aliphatic heterocycles. The molecular weight excluding hydrogens is 377 g/mol. The number of esters is 1. The summed E-state index contributed by atoms with van der Waals surface area (Å²) < 4.78 is 37.2. The number of ether oxygens (including phenoxy) is 2. The Morgan fingerprint density at radius 2 is 1.92 bits per heavy atom. The predicted octanol–water partition coefficient (Wildman–Crippen LogP) is 2.89. The lowest BCUT2D eigenvalue weighted by Crippen LogP contribution is -2.30. The van der Waals surface area contributed by atoms with Crippen molar-refractivity contribution in [2.75, 3.05) is 19.7 Å². The Morgan fingerprint density at radius 1 is 1.29 bits per heavy atom. The molecule has 0 N–H and O–H groups in total. The van der Waals surface area contributed by atoms with Gasteiger partial charge in [-0.25, -0.2) is 13.2 Å². The second kappa shape index (κ2) is 7.47. The minimum absolute atomic E-state index is 0.00769. The van der Waals surface area contributed by atoms with E-state index in [1.165, 1.54) is 10.4 Å². The van der Waals surface area contributed by atoms with E-state index in [2.05, 4.69) is 0 Å². The first-order valence-corrected chi connectivity index (χ1v) is 9.81. The fraction of sp³-hybridized carbons (Fsp3) is 0.533. The molecule has 0 saturated carbocycles. The number of halogens is 2. The van der Waals surface area contributed by atoms with Crippen LogP contribution in [0.15, 0.2) is 11.0 Å². The van der Waals surface area contributed by atoms with Gasteiger partial charge in [0, 0.05) is 25.1 Å². The number of hydrogen-bond acceptors (Lipinski definition) is 5. The number of sulfonamides is 1. The van der Waals surface area contributed by atoms with Crippen molar-refractivity contribution in [3.63, 3.8) is 0 Å². The lowest BCUT2D eigenvalue weighted by Gasteiger charge is -2.20. The SMILES string of the molecule is CCOC(=O)C1Cc2cc(S(=O)(=O)N(CC)CC)c(Cl)c(Cl)c2O1. The second-order valence-electron chi connectivity index (χ2n) is 5.14. The first-order chi connectivity index (χ1) is 11.3. The van der Waals surface area contributed by atoms with Crippen LogP contribution in [0.2, 0.25) is 10.0 Å². The number of carbonyl (C=O) groups is 1. The van der Waals surface area contributed by atoms with E-state index in [-0.39, 0.29) is 33.7 Å². The average Bonchev–Trinajstić information content (AvgIpc) is 2.96. The van der Waals surface area contributed by atoms with Crippen LogP contribution in [-0.2, 0) is 26.0 Å². The van der Waals surface area contributed by atoms with E-state index in [1.54, 1.807) is 20.8 Å². The van der Waals surface area contributed by atoms with Crippen LogP contribution in [-0.4, -0.2) is 44.5 Å². The largest absolute Gasteiger partial charge is 0.476 e. The molecule has 2 rings (SSSR count). The van der Waals surface area contributed by atoms with Crippen LogP contribution in [0.25, 0.3) is 0 Å². The summed E-state index contributed by atoms with van der Waals surface area (Å²) in [5.41, 5.74) is 0.521.